The number of thioether (sulfide) groups is 3. The summed E-state index contributed by atoms with van der Waals surface area (Å²) in [5.41, 5.74) is 29.4. The van der Waals surface area contributed by atoms with Gasteiger partial charge < -0.3 is 47.7 Å². The molecule has 0 fully saturated rings. The van der Waals surface area contributed by atoms with Gasteiger partial charge >= 0.3 is 26.9 Å². The second-order valence-electron chi connectivity index (χ2n) is 7.83. The van der Waals surface area contributed by atoms with E-state index in [1.165, 1.54) is 35.3 Å². The van der Waals surface area contributed by atoms with Crippen molar-refractivity contribution in [3.8, 4) is 0 Å². The second kappa shape index (κ2) is 14.2. The highest BCUT2D eigenvalue weighted by Gasteiger charge is 2.57. The van der Waals surface area contributed by atoms with E-state index in [-0.39, 0.29) is 12.8 Å². The molecule has 0 rings (SSSR count). The minimum Gasteiger partial charge on any atom is -0.440 e. The van der Waals surface area contributed by atoms with Gasteiger partial charge in [-0.3, -0.25) is 0 Å². The van der Waals surface area contributed by atoms with Crippen molar-refractivity contribution in [1.82, 2.24) is 0 Å². The van der Waals surface area contributed by atoms with E-state index in [0.717, 1.165) is 0 Å². The van der Waals surface area contributed by atoms with Crippen molar-refractivity contribution >= 4 is 62.2 Å². The summed E-state index contributed by atoms with van der Waals surface area (Å²) < 4.78 is 15.4. The van der Waals surface area contributed by atoms with Crippen molar-refractivity contribution in [3.05, 3.63) is 0 Å². The Labute approximate surface area is 214 Å². The van der Waals surface area contributed by atoms with E-state index in [9.17, 15) is 14.4 Å². The first-order valence-electron chi connectivity index (χ1n) is 10.2. The van der Waals surface area contributed by atoms with E-state index in [1.807, 2.05) is 6.26 Å². The van der Waals surface area contributed by atoms with Crippen LogP contribution in [-0.4, -0.2) is 79.9 Å². The molecule has 0 spiro atoms. The first kappa shape index (κ1) is 33.4. The smallest absolute Gasteiger partial charge is 0.440 e. The average Bonchev–Trinajstić information content (AvgIpc) is 2.73. The highest BCUT2D eigenvalue weighted by molar-refractivity contribution is 7.98. The van der Waals surface area contributed by atoms with E-state index in [1.54, 1.807) is 19.4 Å². The zero-order valence-corrected chi connectivity index (χ0v) is 23.5. The van der Waals surface area contributed by atoms with Crippen LogP contribution in [-0.2, 0) is 27.7 Å². The number of rotatable bonds is 16. The number of hydrogen-bond acceptors (Lipinski definition) is 16. The SMILES string of the molecule is CCC(CSC)C(N)(N)C(=O)O[Si](N)(OC(=O)C(N)(N)CCSC)OC(=O)C(N)(N)CCSC. The molecule has 0 aliphatic rings. The molecule has 0 aromatic heterocycles. The molecule has 0 heterocycles. The van der Waals surface area contributed by atoms with E-state index in [4.69, 9.17) is 53.1 Å². The third-order valence-corrected chi connectivity index (χ3v) is 8.16. The highest BCUT2D eigenvalue weighted by atomic mass is 32.2. The molecule has 34 heavy (non-hydrogen) atoms. The summed E-state index contributed by atoms with van der Waals surface area (Å²) in [6.07, 6.45) is 5.79. The Bertz CT molecular complexity index is 669. The third-order valence-electron chi connectivity index (χ3n) is 4.79. The normalized spacial score (nSPS) is 13.9. The maximum absolute atomic E-state index is 12.9. The van der Waals surface area contributed by atoms with Gasteiger partial charge in [-0.05, 0) is 55.3 Å². The van der Waals surface area contributed by atoms with Crippen LogP contribution in [0.25, 0.3) is 0 Å². The van der Waals surface area contributed by atoms with Gasteiger partial charge in [0.25, 0.3) is 0 Å². The Morgan fingerprint density at radius 3 is 1.47 bits per heavy atom. The number of nitrogens with two attached hydrogens (primary N) is 7. The third kappa shape index (κ3) is 10.2. The van der Waals surface area contributed by atoms with Gasteiger partial charge in [0.1, 0.15) is 0 Å². The Balaban J connectivity index is 5.99. The van der Waals surface area contributed by atoms with Crippen LogP contribution in [0.3, 0.4) is 0 Å². The lowest BCUT2D eigenvalue weighted by molar-refractivity contribution is -0.158. The Morgan fingerprint density at radius 1 is 0.765 bits per heavy atom. The molecule has 0 aliphatic carbocycles. The minimum absolute atomic E-state index is 0.00580. The lowest BCUT2D eigenvalue weighted by Gasteiger charge is -2.35. The molecule has 0 aromatic rings. The minimum atomic E-state index is -4.98. The molecule has 0 saturated heterocycles. The molecule has 0 radical (unpaired) electrons. The molecule has 13 nitrogen and oxygen atoms in total. The largest absolute Gasteiger partial charge is 0.807 e. The fourth-order valence-electron chi connectivity index (χ4n) is 2.44. The topological polar surface area (TPSA) is 261 Å². The van der Waals surface area contributed by atoms with Gasteiger partial charge in [-0.1, -0.05) is 6.92 Å². The highest BCUT2D eigenvalue weighted by Crippen LogP contribution is 2.22. The summed E-state index contributed by atoms with van der Waals surface area (Å²) in [7, 11) is -4.98. The molecular formula is C17H39N7O6S3Si. The fraction of sp³-hybridized carbons (Fsp3) is 0.824. The summed E-state index contributed by atoms with van der Waals surface area (Å²) in [4.78, 5) is 38.3. The quantitative estimate of drug-likeness (QED) is 0.0774. The van der Waals surface area contributed by atoms with Gasteiger partial charge in [0.15, 0.2) is 17.0 Å². The van der Waals surface area contributed by atoms with Crippen molar-refractivity contribution in [1.29, 1.82) is 0 Å². The Hall–Kier alpha value is -0.603. The van der Waals surface area contributed by atoms with Crippen molar-refractivity contribution < 1.29 is 27.7 Å². The van der Waals surface area contributed by atoms with Crippen molar-refractivity contribution in [2.75, 3.05) is 36.0 Å². The van der Waals surface area contributed by atoms with Crippen LogP contribution in [0.1, 0.15) is 26.2 Å². The molecular weight excluding hydrogens is 523 g/mol. The Kier molecular flexibility index (Phi) is 14.0. The Morgan fingerprint density at radius 2 is 1.15 bits per heavy atom. The van der Waals surface area contributed by atoms with Crippen molar-refractivity contribution in [3.63, 3.8) is 0 Å². The monoisotopic (exact) mass is 561 g/mol. The summed E-state index contributed by atoms with van der Waals surface area (Å²) in [5.74, 6) is -3.04. The fourth-order valence-corrected chi connectivity index (χ4v) is 5.89. The van der Waals surface area contributed by atoms with Gasteiger partial charge in [-0.15, -0.1) is 0 Å². The standard InChI is InChI=1S/C17H39N7O6S3Si/c1-5-11(10-33-4)17(22,23)14(27)30-34(24,28-12(25)15(18,19)6-8-31-2)29-13(26)16(20,21)7-9-32-3/h11H,5-10,18-24H2,1-4H3. The summed E-state index contributed by atoms with van der Waals surface area (Å²) in [6.45, 7) is 1.78. The first-order chi connectivity index (χ1) is 15.5. The second-order valence-corrected chi connectivity index (χ2v) is 12.5. The zero-order chi connectivity index (χ0) is 26.8. The van der Waals surface area contributed by atoms with Gasteiger partial charge in [0.2, 0.25) is 0 Å². The number of hydrogen-bond donors (Lipinski definition) is 7. The first-order valence-corrected chi connectivity index (χ1v) is 16.2. The van der Waals surface area contributed by atoms with Crippen LogP contribution in [0.2, 0.25) is 0 Å². The molecule has 1 unspecified atom stereocenters. The van der Waals surface area contributed by atoms with Crippen LogP contribution in [0.4, 0.5) is 0 Å². The zero-order valence-electron chi connectivity index (χ0n) is 20.0. The van der Waals surface area contributed by atoms with Crippen LogP contribution in [0, 0.1) is 5.92 Å². The summed E-state index contributed by atoms with van der Waals surface area (Å²) >= 11 is 4.17. The molecule has 0 saturated carbocycles. The molecule has 0 amide bonds. The maximum atomic E-state index is 12.9. The predicted octanol–water partition coefficient (Wildman–Crippen LogP) is -2.25. The van der Waals surface area contributed by atoms with Gasteiger partial charge in [0, 0.05) is 5.92 Å². The number of carbonyl (C=O) groups excluding carboxylic acids is 3. The maximum Gasteiger partial charge on any atom is 0.807 e. The van der Waals surface area contributed by atoms with Crippen LogP contribution < -0.4 is 39.8 Å². The number of carbonyl (C=O) groups is 3. The lowest BCUT2D eigenvalue weighted by Crippen LogP contribution is -2.71. The molecule has 0 aliphatic heterocycles. The van der Waals surface area contributed by atoms with Crippen molar-refractivity contribution in [2.24, 2.45) is 45.7 Å². The van der Waals surface area contributed by atoms with Crippen LogP contribution in [0.15, 0.2) is 0 Å². The van der Waals surface area contributed by atoms with Crippen LogP contribution in [0.5, 0.6) is 0 Å². The van der Waals surface area contributed by atoms with Gasteiger partial charge in [-0.2, -0.15) is 35.3 Å². The average molecular weight is 562 g/mol. The van der Waals surface area contributed by atoms with E-state index < -0.39 is 49.8 Å². The molecule has 0 aromatic carbocycles. The molecule has 17 heteroatoms. The molecule has 14 N–H and O–H groups in total. The van der Waals surface area contributed by atoms with E-state index in [2.05, 4.69) is 0 Å². The van der Waals surface area contributed by atoms with Crippen molar-refractivity contribution in [2.45, 2.75) is 43.2 Å². The summed E-state index contributed by atoms with van der Waals surface area (Å²) in [6, 6.07) is 0. The molecule has 0 bridgehead atoms. The van der Waals surface area contributed by atoms with Gasteiger partial charge in [0.05, 0.1) is 0 Å². The summed E-state index contributed by atoms with van der Waals surface area (Å²) in [5, 5.41) is 6.02. The van der Waals surface area contributed by atoms with Crippen LogP contribution >= 0.6 is 35.3 Å². The van der Waals surface area contributed by atoms with E-state index >= 15 is 0 Å². The molecule has 200 valence electrons. The predicted molar refractivity (Wildman–Crippen MR) is 140 cm³/mol. The molecule has 1 atom stereocenters. The lowest BCUT2D eigenvalue weighted by atomic mass is 9.93. The van der Waals surface area contributed by atoms with E-state index in [0.29, 0.717) is 23.7 Å². The van der Waals surface area contributed by atoms with Gasteiger partial charge in [-0.25, -0.2) is 19.8 Å².